The van der Waals surface area contributed by atoms with E-state index >= 15 is 0 Å². The number of hydrogen-bond acceptors (Lipinski definition) is 4. The van der Waals surface area contributed by atoms with Gasteiger partial charge in [0, 0.05) is 24.8 Å². The number of anilines is 1. The van der Waals surface area contributed by atoms with Gasteiger partial charge in [-0.05, 0) is 44.4 Å². The minimum absolute atomic E-state index is 0.0494. The molecular formula is C20H23N3O3. The minimum atomic E-state index is -0.379. The van der Waals surface area contributed by atoms with E-state index in [-0.39, 0.29) is 23.6 Å². The van der Waals surface area contributed by atoms with E-state index in [1.807, 2.05) is 4.90 Å². The number of nitrogens with zero attached hydrogens (tertiary/aromatic N) is 2. The van der Waals surface area contributed by atoms with Crippen LogP contribution in [0.2, 0.25) is 0 Å². The number of carbonyl (C=O) groups excluding carboxylic acids is 2. The van der Waals surface area contributed by atoms with Crippen molar-refractivity contribution in [3.05, 3.63) is 53.9 Å². The van der Waals surface area contributed by atoms with E-state index < -0.39 is 0 Å². The number of rotatable bonds is 4. The Labute approximate surface area is 153 Å². The topological polar surface area (TPSA) is 71.5 Å². The molecule has 1 atom stereocenters. The Morgan fingerprint density at radius 1 is 1.23 bits per heavy atom. The van der Waals surface area contributed by atoms with E-state index in [0.717, 1.165) is 25.8 Å². The molecule has 1 fully saturated rings. The standard InChI is InChI=1S/C20H23N3O3/c1-14-7-5-6-12-23(14)20(25)16-8-3-4-9-17(16)22-19(24)18-13-15(26-2)10-11-21-18/h3-4,8-11,13-14H,5-7,12H2,1-2H3,(H,22,24). The Morgan fingerprint density at radius 3 is 2.81 bits per heavy atom. The maximum atomic E-state index is 13.0. The van der Waals surface area contributed by atoms with Crippen molar-refractivity contribution in [3.63, 3.8) is 0 Å². The van der Waals surface area contributed by atoms with Crippen molar-refractivity contribution in [2.45, 2.75) is 32.2 Å². The zero-order valence-electron chi connectivity index (χ0n) is 15.1. The number of para-hydroxylation sites is 1. The van der Waals surface area contributed by atoms with E-state index in [9.17, 15) is 9.59 Å². The van der Waals surface area contributed by atoms with Crippen LogP contribution >= 0.6 is 0 Å². The molecule has 2 heterocycles. The third-order valence-corrected chi connectivity index (χ3v) is 4.67. The van der Waals surface area contributed by atoms with Gasteiger partial charge in [-0.1, -0.05) is 12.1 Å². The summed E-state index contributed by atoms with van der Waals surface area (Å²) in [5, 5.41) is 2.81. The first kappa shape index (κ1) is 17.9. The van der Waals surface area contributed by atoms with Crippen molar-refractivity contribution >= 4 is 17.5 Å². The van der Waals surface area contributed by atoms with Gasteiger partial charge in [-0.2, -0.15) is 0 Å². The fraction of sp³-hybridized carbons (Fsp3) is 0.350. The van der Waals surface area contributed by atoms with Gasteiger partial charge in [-0.15, -0.1) is 0 Å². The van der Waals surface area contributed by atoms with E-state index in [1.54, 1.807) is 36.4 Å². The molecule has 6 nitrogen and oxygen atoms in total. The molecule has 1 aliphatic rings. The van der Waals surface area contributed by atoms with Crippen LogP contribution in [0.15, 0.2) is 42.6 Å². The molecule has 0 aliphatic carbocycles. The summed E-state index contributed by atoms with van der Waals surface area (Å²) in [4.78, 5) is 31.5. The fourth-order valence-corrected chi connectivity index (χ4v) is 3.18. The Hall–Kier alpha value is -2.89. The van der Waals surface area contributed by atoms with Crippen molar-refractivity contribution < 1.29 is 14.3 Å². The molecule has 0 bridgehead atoms. The number of aromatic nitrogens is 1. The molecule has 0 spiro atoms. The van der Waals surface area contributed by atoms with Gasteiger partial charge < -0.3 is 15.0 Å². The summed E-state index contributed by atoms with van der Waals surface area (Å²) in [5.74, 6) is 0.124. The molecule has 2 amide bonds. The SMILES string of the molecule is COc1ccnc(C(=O)Nc2ccccc2C(=O)N2CCCCC2C)c1. The average Bonchev–Trinajstić information content (AvgIpc) is 2.68. The zero-order chi connectivity index (χ0) is 18.5. The lowest BCUT2D eigenvalue weighted by Gasteiger charge is -2.33. The van der Waals surface area contributed by atoms with Crippen molar-refractivity contribution in [1.29, 1.82) is 0 Å². The Kier molecular flexibility index (Phi) is 5.51. The van der Waals surface area contributed by atoms with Gasteiger partial charge in [0.1, 0.15) is 11.4 Å². The second-order valence-corrected chi connectivity index (χ2v) is 6.42. The van der Waals surface area contributed by atoms with Gasteiger partial charge in [-0.3, -0.25) is 14.6 Å². The number of ether oxygens (including phenoxy) is 1. The van der Waals surface area contributed by atoms with Crippen LogP contribution in [-0.4, -0.2) is 41.4 Å². The van der Waals surface area contributed by atoms with Crippen LogP contribution in [0, 0.1) is 0 Å². The molecule has 0 saturated carbocycles. The number of amides is 2. The number of methoxy groups -OCH3 is 1. The quantitative estimate of drug-likeness (QED) is 0.915. The molecular weight excluding hydrogens is 330 g/mol. The predicted molar refractivity (Wildman–Crippen MR) is 99.5 cm³/mol. The summed E-state index contributed by atoms with van der Waals surface area (Å²) in [6, 6.07) is 10.5. The van der Waals surface area contributed by atoms with Gasteiger partial charge in [0.15, 0.2) is 0 Å². The van der Waals surface area contributed by atoms with Gasteiger partial charge in [0.05, 0.1) is 18.4 Å². The monoisotopic (exact) mass is 353 g/mol. The molecule has 2 aromatic rings. The van der Waals surface area contributed by atoms with Crippen LogP contribution in [0.3, 0.4) is 0 Å². The summed E-state index contributed by atoms with van der Waals surface area (Å²) in [7, 11) is 1.53. The van der Waals surface area contributed by atoms with Gasteiger partial charge in [0.25, 0.3) is 11.8 Å². The number of pyridine rings is 1. The lowest BCUT2D eigenvalue weighted by molar-refractivity contribution is 0.0636. The van der Waals surface area contributed by atoms with E-state index in [0.29, 0.717) is 17.0 Å². The molecule has 1 N–H and O–H groups in total. The molecule has 1 unspecified atom stereocenters. The summed E-state index contributed by atoms with van der Waals surface area (Å²) in [5.41, 5.74) is 1.22. The molecule has 1 aliphatic heterocycles. The summed E-state index contributed by atoms with van der Waals surface area (Å²) < 4.78 is 5.13. The number of benzene rings is 1. The van der Waals surface area contributed by atoms with Crippen LogP contribution < -0.4 is 10.1 Å². The molecule has 0 radical (unpaired) electrons. The predicted octanol–water partition coefficient (Wildman–Crippen LogP) is 3.36. The lowest BCUT2D eigenvalue weighted by atomic mass is 10.0. The molecule has 1 aromatic carbocycles. The Balaban J connectivity index is 1.82. The number of nitrogens with one attached hydrogen (secondary N) is 1. The van der Waals surface area contributed by atoms with E-state index in [2.05, 4.69) is 17.2 Å². The van der Waals surface area contributed by atoms with Crippen molar-refractivity contribution in [2.75, 3.05) is 19.0 Å². The normalized spacial score (nSPS) is 16.8. The highest BCUT2D eigenvalue weighted by Crippen LogP contribution is 2.23. The maximum absolute atomic E-state index is 13.0. The smallest absolute Gasteiger partial charge is 0.274 e. The van der Waals surface area contributed by atoms with Crippen LogP contribution in [0.1, 0.15) is 47.0 Å². The lowest BCUT2D eigenvalue weighted by Crippen LogP contribution is -2.42. The van der Waals surface area contributed by atoms with Crippen LogP contribution in [-0.2, 0) is 0 Å². The summed E-state index contributed by atoms with van der Waals surface area (Å²) in [6.45, 7) is 2.82. The van der Waals surface area contributed by atoms with E-state index in [1.165, 1.54) is 13.3 Å². The van der Waals surface area contributed by atoms with Crippen LogP contribution in [0.25, 0.3) is 0 Å². The van der Waals surface area contributed by atoms with E-state index in [4.69, 9.17) is 4.74 Å². The minimum Gasteiger partial charge on any atom is -0.497 e. The number of piperidine rings is 1. The van der Waals surface area contributed by atoms with Crippen LogP contribution in [0.5, 0.6) is 5.75 Å². The number of carbonyl (C=O) groups is 2. The molecule has 3 rings (SSSR count). The highest BCUT2D eigenvalue weighted by molar-refractivity contribution is 6.08. The van der Waals surface area contributed by atoms with Gasteiger partial charge in [0.2, 0.25) is 0 Å². The zero-order valence-corrected chi connectivity index (χ0v) is 15.1. The van der Waals surface area contributed by atoms with Crippen LogP contribution in [0.4, 0.5) is 5.69 Å². The molecule has 1 saturated heterocycles. The first-order valence-electron chi connectivity index (χ1n) is 8.81. The highest BCUT2D eigenvalue weighted by atomic mass is 16.5. The highest BCUT2D eigenvalue weighted by Gasteiger charge is 2.26. The molecule has 6 heteroatoms. The summed E-state index contributed by atoms with van der Waals surface area (Å²) in [6.07, 6.45) is 4.68. The largest absolute Gasteiger partial charge is 0.497 e. The molecule has 26 heavy (non-hydrogen) atoms. The van der Waals surface area contributed by atoms with Gasteiger partial charge in [-0.25, -0.2) is 0 Å². The number of likely N-dealkylation sites (tertiary alicyclic amines) is 1. The first-order valence-corrected chi connectivity index (χ1v) is 8.81. The first-order chi connectivity index (χ1) is 12.6. The average molecular weight is 353 g/mol. The second-order valence-electron chi connectivity index (χ2n) is 6.42. The summed E-state index contributed by atoms with van der Waals surface area (Å²) >= 11 is 0. The Morgan fingerprint density at radius 2 is 2.04 bits per heavy atom. The molecule has 136 valence electrons. The molecule has 1 aromatic heterocycles. The van der Waals surface area contributed by atoms with Gasteiger partial charge >= 0.3 is 0 Å². The third-order valence-electron chi connectivity index (χ3n) is 4.67. The Bertz CT molecular complexity index is 806. The second kappa shape index (κ2) is 7.99. The maximum Gasteiger partial charge on any atom is 0.274 e. The van der Waals surface area contributed by atoms with Crippen molar-refractivity contribution in [2.24, 2.45) is 0 Å². The fourth-order valence-electron chi connectivity index (χ4n) is 3.18. The third kappa shape index (κ3) is 3.85. The van der Waals surface area contributed by atoms with Crippen molar-refractivity contribution in [1.82, 2.24) is 9.88 Å². The number of hydrogen-bond donors (Lipinski definition) is 1. The van der Waals surface area contributed by atoms with Crippen molar-refractivity contribution in [3.8, 4) is 5.75 Å².